The van der Waals surface area contributed by atoms with E-state index in [1.54, 1.807) is 6.07 Å². The number of benzene rings is 1. The summed E-state index contributed by atoms with van der Waals surface area (Å²) in [4.78, 5) is 10.8. The Balaban J connectivity index is 3.12. The first-order valence-electron chi connectivity index (χ1n) is 3.94. The highest BCUT2D eigenvalue weighted by molar-refractivity contribution is 6.51. The van der Waals surface area contributed by atoms with Gasteiger partial charge in [-0.2, -0.15) is 0 Å². The maximum atomic E-state index is 13.1. The molecule has 0 unspecified atom stereocenters. The topological polar surface area (TPSA) is 17.1 Å². The first kappa shape index (κ1) is 8.98. The highest BCUT2D eigenvalue weighted by Gasteiger charge is 2.06. The van der Waals surface area contributed by atoms with Gasteiger partial charge in [-0.3, -0.25) is 4.79 Å². The third-order valence-corrected chi connectivity index (χ3v) is 1.82. The van der Waals surface area contributed by atoms with Crippen LogP contribution < -0.4 is 5.46 Å². The molecule has 0 aliphatic carbocycles. The Bertz CT molecular complexity index is 309. The molecule has 1 aromatic rings. The van der Waals surface area contributed by atoms with Crippen molar-refractivity contribution in [3.8, 4) is 0 Å². The summed E-state index contributed by atoms with van der Waals surface area (Å²) in [5.41, 5.74) is 1.09. The maximum Gasteiger partial charge on any atom is 0.162 e. The van der Waals surface area contributed by atoms with Crippen molar-refractivity contribution in [2.24, 2.45) is 0 Å². The first-order chi connectivity index (χ1) is 5.65. The number of rotatable bonds is 2. The molecule has 0 N–H and O–H groups in total. The van der Waals surface area contributed by atoms with Gasteiger partial charge in [0.15, 0.2) is 13.1 Å². The smallest absolute Gasteiger partial charge is 0.162 e. The van der Waals surface area contributed by atoms with Gasteiger partial charge in [0.05, 0.1) is 5.56 Å². The molecule has 0 saturated carbocycles. The van der Waals surface area contributed by atoms with Crippen molar-refractivity contribution in [2.75, 3.05) is 0 Å². The molecule has 0 aromatic heterocycles. The molecule has 0 bridgehead atoms. The molecule has 12 heavy (non-hydrogen) atoms. The predicted molar refractivity (Wildman–Crippen MR) is 49.1 cm³/mol. The molecule has 1 nitrogen and oxygen atoms in total. The van der Waals surface area contributed by atoms with E-state index in [0.29, 0.717) is 0 Å². The van der Waals surface area contributed by atoms with Crippen LogP contribution in [0.4, 0.5) is 4.39 Å². The third kappa shape index (κ3) is 1.73. The molecule has 0 heterocycles. The standard InChI is InChI=1S/C9H10BFO/c1-6(12)8-4-3-7(10-2)5-9(8)11/h3-5,10H,1-2H3. The summed E-state index contributed by atoms with van der Waals surface area (Å²) in [6.07, 6.45) is 0. The average molecular weight is 164 g/mol. The number of Topliss-reactive ketones (excluding diaryl/α,β-unsaturated/α-hetero) is 1. The van der Waals surface area contributed by atoms with E-state index in [2.05, 4.69) is 0 Å². The van der Waals surface area contributed by atoms with Crippen LogP contribution >= 0.6 is 0 Å². The van der Waals surface area contributed by atoms with Gasteiger partial charge in [-0.1, -0.05) is 18.4 Å². The van der Waals surface area contributed by atoms with Crippen LogP contribution in [0, 0.1) is 5.82 Å². The first-order valence-corrected chi connectivity index (χ1v) is 3.94. The van der Waals surface area contributed by atoms with Crippen LogP contribution in [0.2, 0.25) is 6.82 Å². The number of carbonyl (C=O) groups is 1. The van der Waals surface area contributed by atoms with Crippen molar-refractivity contribution in [1.29, 1.82) is 0 Å². The van der Waals surface area contributed by atoms with E-state index in [4.69, 9.17) is 0 Å². The Kier molecular flexibility index (Phi) is 2.63. The summed E-state index contributed by atoms with van der Waals surface area (Å²) in [5.74, 6) is -0.642. The van der Waals surface area contributed by atoms with Crippen molar-refractivity contribution in [1.82, 2.24) is 0 Å². The van der Waals surface area contributed by atoms with Crippen LogP contribution in [0.25, 0.3) is 0 Å². The molecule has 62 valence electrons. The van der Waals surface area contributed by atoms with Crippen LogP contribution in [-0.2, 0) is 0 Å². The quantitative estimate of drug-likeness (QED) is 0.473. The largest absolute Gasteiger partial charge is 0.294 e. The zero-order chi connectivity index (χ0) is 9.14. The molecule has 3 heteroatoms. The number of carbonyl (C=O) groups excluding carboxylic acids is 1. The fourth-order valence-corrected chi connectivity index (χ4v) is 1.06. The van der Waals surface area contributed by atoms with E-state index >= 15 is 0 Å². The molecule has 0 saturated heterocycles. The molecule has 0 spiro atoms. The molecule has 0 atom stereocenters. The van der Waals surface area contributed by atoms with Crippen molar-refractivity contribution in [2.45, 2.75) is 13.7 Å². The summed E-state index contributed by atoms with van der Waals surface area (Å²) in [5, 5.41) is 0. The number of ketones is 1. The molecule has 0 aliphatic heterocycles. The van der Waals surface area contributed by atoms with E-state index in [1.807, 2.05) is 6.82 Å². The minimum absolute atomic E-state index is 0.173. The lowest BCUT2D eigenvalue weighted by Gasteiger charge is -2.00. The van der Waals surface area contributed by atoms with Crippen molar-refractivity contribution in [3.05, 3.63) is 29.6 Å². The second kappa shape index (κ2) is 3.52. The van der Waals surface area contributed by atoms with Crippen LogP contribution in [0.5, 0.6) is 0 Å². The van der Waals surface area contributed by atoms with Gasteiger partial charge in [0.1, 0.15) is 5.82 Å². The van der Waals surface area contributed by atoms with Crippen LogP contribution in [0.15, 0.2) is 18.2 Å². The second-order valence-corrected chi connectivity index (χ2v) is 2.72. The maximum absolute atomic E-state index is 13.1. The van der Waals surface area contributed by atoms with Gasteiger partial charge in [0.25, 0.3) is 0 Å². The Morgan fingerprint density at radius 1 is 1.50 bits per heavy atom. The van der Waals surface area contributed by atoms with Crippen LogP contribution in [0.3, 0.4) is 0 Å². The van der Waals surface area contributed by atoms with Crippen molar-refractivity contribution in [3.63, 3.8) is 0 Å². The van der Waals surface area contributed by atoms with E-state index in [-0.39, 0.29) is 11.3 Å². The Labute approximate surface area is 71.8 Å². The fourth-order valence-electron chi connectivity index (χ4n) is 1.06. The van der Waals surface area contributed by atoms with Crippen molar-refractivity contribution < 1.29 is 9.18 Å². The molecular weight excluding hydrogens is 154 g/mol. The highest BCUT2D eigenvalue weighted by Crippen LogP contribution is 2.04. The summed E-state index contributed by atoms with van der Waals surface area (Å²) < 4.78 is 13.1. The zero-order valence-electron chi connectivity index (χ0n) is 7.23. The number of halogens is 1. The summed E-state index contributed by atoms with van der Waals surface area (Å²) in [6.45, 7) is 3.31. The Morgan fingerprint density at radius 2 is 2.17 bits per heavy atom. The SMILES string of the molecule is CBc1ccc(C(C)=O)c(F)c1. The van der Waals surface area contributed by atoms with Crippen molar-refractivity contribution >= 4 is 18.5 Å². The lowest BCUT2D eigenvalue weighted by Crippen LogP contribution is -2.12. The summed E-state index contributed by atoms with van der Waals surface area (Å²) >= 11 is 0. The van der Waals surface area contributed by atoms with Gasteiger partial charge >= 0.3 is 0 Å². The summed E-state index contributed by atoms with van der Waals surface area (Å²) in [6, 6.07) is 4.73. The van der Waals surface area contributed by atoms with E-state index in [0.717, 1.165) is 12.7 Å². The minimum Gasteiger partial charge on any atom is -0.294 e. The van der Waals surface area contributed by atoms with E-state index in [1.165, 1.54) is 19.1 Å². The lowest BCUT2D eigenvalue weighted by atomic mass is 9.73. The zero-order valence-corrected chi connectivity index (χ0v) is 7.23. The predicted octanol–water partition coefficient (Wildman–Crippen LogP) is 1.14. The van der Waals surface area contributed by atoms with Gasteiger partial charge in [0.2, 0.25) is 0 Å². The average Bonchev–Trinajstić information content (AvgIpc) is 2.03. The van der Waals surface area contributed by atoms with E-state index in [9.17, 15) is 9.18 Å². The van der Waals surface area contributed by atoms with Gasteiger partial charge in [-0.25, -0.2) is 4.39 Å². The van der Waals surface area contributed by atoms with Gasteiger partial charge in [0, 0.05) is 0 Å². The lowest BCUT2D eigenvalue weighted by molar-refractivity contribution is 0.101. The van der Waals surface area contributed by atoms with Gasteiger partial charge in [-0.15, -0.1) is 0 Å². The highest BCUT2D eigenvalue weighted by atomic mass is 19.1. The molecule has 0 amide bonds. The monoisotopic (exact) mass is 164 g/mol. The molecule has 1 aromatic carbocycles. The molecular formula is C9H10BFO. The Hall–Kier alpha value is -1.12. The minimum atomic E-state index is -0.415. The summed E-state index contributed by atoms with van der Waals surface area (Å²) in [7, 11) is 0.787. The molecule has 0 radical (unpaired) electrons. The van der Waals surface area contributed by atoms with Crippen LogP contribution in [0.1, 0.15) is 17.3 Å². The van der Waals surface area contributed by atoms with E-state index < -0.39 is 5.82 Å². The number of hydrogen-bond acceptors (Lipinski definition) is 1. The fraction of sp³-hybridized carbons (Fsp3) is 0.222. The van der Waals surface area contributed by atoms with Crippen LogP contribution in [-0.4, -0.2) is 13.1 Å². The number of hydrogen-bond donors (Lipinski definition) is 0. The van der Waals surface area contributed by atoms with Gasteiger partial charge < -0.3 is 0 Å². The molecule has 1 rings (SSSR count). The second-order valence-electron chi connectivity index (χ2n) is 2.72. The normalized spacial score (nSPS) is 9.58. The molecule has 0 aliphatic rings. The third-order valence-electron chi connectivity index (χ3n) is 1.82. The Morgan fingerprint density at radius 3 is 2.58 bits per heavy atom. The molecule has 0 fully saturated rings. The van der Waals surface area contributed by atoms with Gasteiger partial charge in [-0.05, 0) is 19.1 Å².